The highest BCUT2D eigenvalue weighted by molar-refractivity contribution is 5.98. The van der Waals surface area contributed by atoms with Crippen molar-refractivity contribution in [2.45, 2.75) is 25.3 Å². The third-order valence-electron chi connectivity index (χ3n) is 6.32. The number of ether oxygens (including phenoxy) is 2. The van der Waals surface area contributed by atoms with Crippen molar-refractivity contribution in [3.05, 3.63) is 84.2 Å². The number of benzene rings is 3. The molecule has 3 aromatic carbocycles. The SMILES string of the molecule is COc1ccc(OC)c(N2C[C@H](c3nc4ccccc4n3CCc3ccccc3)CC2=O)c1. The van der Waals surface area contributed by atoms with E-state index in [0.29, 0.717) is 24.5 Å². The Morgan fingerprint density at radius 2 is 1.76 bits per heavy atom. The smallest absolute Gasteiger partial charge is 0.227 e. The molecule has 1 fully saturated rings. The van der Waals surface area contributed by atoms with Crippen LogP contribution in [-0.2, 0) is 17.8 Å². The average molecular weight is 442 g/mol. The molecule has 0 unspecified atom stereocenters. The third kappa shape index (κ3) is 4.04. The number of rotatable bonds is 7. The van der Waals surface area contributed by atoms with Gasteiger partial charge in [-0.25, -0.2) is 4.98 Å². The number of carbonyl (C=O) groups is 1. The first-order chi connectivity index (χ1) is 16.2. The van der Waals surface area contributed by atoms with Crippen LogP contribution in [0.15, 0.2) is 72.8 Å². The van der Waals surface area contributed by atoms with Crippen LogP contribution in [0.25, 0.3) is 11.0 Å². The summed E-state index contributed by atoms with van der Waals surface area (Å²) in [6.07, 6.45) is 1.32. The molecule has 1 aliphatic heterocycles. The van der Waals surface area contributed by atoms with Crippen LogP contribution in [0.2, 0.25) is 0 Å². The Morgan fingerprint density at radius 3 is 2.55 bits per heavy atom. The molecule has 6 nitrogen and oxygen atoms in total. The predicted molar refractivity (Wildman–Crippen MR) is 129 cm³/mol. The fourth-order valence-electron chi connectivity index (χ4n) is 4.65. The van der Waals surface area contributed by atoms with E-state index < -0.39 is 0 Å². The Labute approximate surface area is 193 Å². The van der Waals surface area contributed by atoms with Gasteiger partial charge in [0.25, 0.3) is 0 Å². The summed E-state index contributed by atoms with van der Waals surface area (Å²) >= 11 is 0. The zero-order valence-electron chi connectivity index (χ0n) is 18.9. The molecule has 1 amide bonds. The second kappa shape index (κ2) is 8.98. The van der Waals surface area contributed by atoms with Gasteiger partial charge in [0.1, 0.15) is 17.3 Å². The summed E-state index contributed by atoms with van der Waals surface area (Å²) in [6.45, 7) is 1.37. The Bertz CT molecular complexity index is 1280. The maximum absolute atomic E-state index is 13.1. The number of fused-ring (bicyclic) bond motifs is 1. The lowest BCUT2D eigenvalue weighted by molar-refractivity contribution is -0.117. The zero-order chi connectivity index (χ0) is 22.8. The van der Waals surface area contributed by atoms with Crippen LogP contribution in [0.1, 0.15) is 23.7 Å². The van der Waals surface area contributed by atoms with Crippen LogP contribution in [0.5, 0.6) is 11.5 Å². The fourth-order valence-corrected chi connectivity index (χ4v) is 4.65. The Morgan fingerprint density at radius 1 is 0.970 bits per heavy atom. The molecule has 0 radical (unpaired) electrons. The topological polar surface area (TPSA) is 56.6 Å². The number of amides is 1. The highest BCUT2D eigenvalue weighted by Gasteiger charge is 2.36. The van der Waals surface area contributed by atoms with Crippen molar-refractivity contribution in [2.75, 3.05) is 25.7 Å². The molecule has 5 rings (SSSR count). The number of anilines is 1. The summed E-state index contributed by atoms with van der Waals surface area (Å²) in [5, 5.41) is 0. The molecular formula is C27H27N3O3. The number of hydrogen-bond donors (Lipinski definition) is 0. The Kier molecular flexibility index (Phi) is 5.73. The number of para-hydroxylation sites is 2. The number of methoxy groups -OCH3 is 2. The van der Waals surface area contributed by atoms with Gasteiger partial charge in [0.05, 0.1) is 30.9 Å². The summed E-state index contributed by atoms with van der Waals surface area (Å²) in [5.74, 6) is 2.37. The predicted octanol–water partition coefficient (Wildman–Crippen LogP) is 4.82. The number of aromatic nitrogens is 2. The van der Waals surface area contributed by atoms with Crippen molar-refractivity contribution in [1.29, 1.82) is 0 Å². The highest BCUT2D eigenvalue weighted by atomic mass is 16.5. The summed E-state index contributed by atoms with van der Waals surface area (Å²) in [6, 6.07) is 24.2. The molecule has 0 saturated carbocycles. The lowest BCUT2D eigenvalue weighted by Gasteiger charge is -2.20. The first-order valence-electron chi connectivity index (χ1n) is 11.2. The molecule has 4 aromatic rings. The minimum absolute atomic E-state index is 0.00317. The van der Waals surface area contributed by atoms with Crippen molar-refractivity contribution in [3.8, 4) is 11.5 Å². The quantitative estimate of drug-likeness (QED) is 0.413. The molecule has 168 valence electrons. The van der Waals surface area contributed by atoms with Gasteiger partial charge < -0.3 is 18.9 Å². The zero-order valence-corrected chi connectivity index (χ0v) is 18.9. The van der Waals surface area contributed by atoms with Crippen LogP contribution >= 0.6 is 0 Å². The lowest BCUT2D eigenvalue weighted by atomic mass is 10.1. The minimum atomic E-state index is -0.00317. The van der Waals surface area contributed by atoms with E-state index in [2.05, 4.69) is 34.9 Å². The van der Waals surface area contributed by atoms with Crippen LogP contribution in [0.3, 0.4) is 0 Å². The van der Waals surface area contributed by atoms with E-state index in [9.17, 15) is 4.79 Å². The first kappa shape index (κ1) is 21.1. The first-order valence-corrected chi connectivity index (χ1v) is 11.2. The van der Waals surface area contributed by atoms with E-state index >= 15 is 0 Å². The van der Waals surface area contributed by atoms with Gasteiger partial charge >= 0.3 is 0 Å². The molecule has 1 saturated heterocycles. The monoisotopic (exact) mass is 441 g/mol. The average Bonchev–Trinajstić information content (AvgIpc) is 3.43. The van der Waals surface area contributed by atoms with E-state index in [0.717, 1.165) is 35.5 Å². The summed E-state index contributed by atoms with van der Waals surface area (Å²) in [5.41, 5.74) is 4.08. The summed E-state index contributed by atoms with van der Waals surface area (Å²) < 4.78 is 13.2. The van der Waals surface area contributed by atoms with E-state index in [1.165, 1.54) is 5.56 Å². The standard InChI is InChI=1S/C27H27N3O3/c1-32-21-12-13-25(33-2)24(17-21)30-18-20(16-26(30)31)27-28-22-10-6-7-11-23(22)29(27)15-14-19-8-4-3-5-9-19/h3-13,17,20H,14-16,18H2,1-2H3/t20-/m1/s1. The summed E-state index contributed by atoms with van der Waals surface area (Å²) in [7, 11) is 3.24. The molecule has 33 heavy (non-hydrogen) atoms. The maximum Gasteiger partial charge on any atom is 0.227 e. The number of carbonyl (C=O) groups excluding carboxylic acids is 1. The third-order valence-corrected chi connectivity index (χ3v) is 6.32. The Hall–Kier alpha value is -3.80. The van der Waals surface area contributed by atoms with E-state index in [-0.39, 0.29) is 11.8 Å². The number of nitrogens with zero attached hydrogens (tertiary/aromatic N) is 3. The molecule has 0 bridgehead atoms. The lowest BCUT2D eigenvalue weighted by Crippen LogP contribution is -2.25. The minimum Gasteiger partial charge on any atom is -0.497 e. The van der Waals surface area contributed by atoms with Crippen molar-refractivity contribution in [2.24, 2.45) is 0 Å². The van der Waals surface area contributed by atoms with Gasteiger partial charge in [0, 0.05) is 31.5 Å². The maximum atomic E-state index is 13.1. The molecule has 6 heteroatoms. The van der Waals surface area contributed by atoms with Gasteiger partial charge in [-0.2, -0.15) is 0 Å². The van der Waals surface area contributed by atoms with Gasteiger partial charge in [-0.1, -0.05) is 42.5 Å². The second-order valence-corrected chi connectivity index (χ2v) is 8.29. The normalized spacial score (nSPS) is 15.9. The van der Waals surface area contributed by atoms with Crippen molar-refractivity contribution < 1.29 is 14.3 Å². The number of aryl methyl sites for hydroxylation is 2. The molecule has 1 atom stereocenters. The van der Waals surface area contributed by atoms with Crippen LogP contribution in [-0.4, -0.2) is 36.2 Å². The molecular weight excluding hydrogens is 414 g/mol. The van der Waals surface area contributed by atoms with Gasteiger partial charge in [-0.05, 0) is 36.2 Å². The highest BCUT2D eigenvalue weighted by Crippen LogP contribution is 2.39. The molecule has 2 heterocycles. The van der Waals surface area contributed by atoms with E-state index in [4.69, 9.17) is 14.5 Å². The van der Waals surface area contributed by atoms with Gasteiger partial charge in [-0.15, -0.1) is 0 Å². The molecule has 1 aromatic heterocycles. The van der Waals surface area contributed by atoms with Crippen LogP contribution < -0.4 is 14.4 Å². The van der Waals surface area contributed by atoms with Crippen molar-refractivity contribution >= 4 is 22.6 Å². The molecule has 0 spiro atoms. The number of hydrogen-bond acceptors (Lipinski definition) is 4. The Balaban J connectivity index is 1.48. The van der Waals surface area contributed by atoms with Gasteiger partial charge in [-0.3, -0.25) is 4.79 Å². The molecule has 0 aliphatic carbocycles. The largest absolute Gasteiger partial charge is 0.497 e. The van der Waals surface area contributed by atoms with Gasteiger partial charge in [0.15, 0.2) is 0 Å². The van der Waals surface area contributed by atoms with Crippen LogP contribution in [0, 0.1) is 0 Å². The van der Waals surface area contributed by atoms with Gasteiger partial charge in [0.2, 0.25) is 5.91 Å². The number of imidazole rings is 1. The molecule has 0 N–H and O–H groups in total. The fraction of sp³-hybridized carbons (Fsp3) is 0.259. The summed E-state index contributed by atoms with van der Waals surface area (Å²) in [4.78, 5) is 19.9. The molecule has 1 aliphatic rings. The van der Waals surface area contributed by atoms with E-state index in [1.807, 2.05) is 42.5 Å². The van der Waals surface area contributed by atoms with E-state index in [1.54, 1.807) is 19.1 Å². The van der Waals surface area contributed by atoms with Crippen molar-refractivity contribution in [1.82, 2.24) is 9.55 Å². The van der Waals surface area contributed by atoms with Crippen molar-refractivity contribution in [3.63, 3.8) is 0 Å². The van der Waals surface area contributed by atoms with Crippen LogP contribution in [0.4, 0.5) is 5.69 Å². The second-order valence-electron chi connectivity index (χ2n) is 8.29.